The van der Waals surface area contributed by atoms with Gasteiger partial charge in [-0.3, -0.25) is 10.1 Å². The first kappa shape index (κ1) is 15.4. The molecule has 0 aliphatic rings. The smallest absolute Gasteiger partial charge is 0.349 e. The lowest BCUT2D eigenvalue weighted by Gasteiger charge is -2.16. The number of benzene rings is 1. The molecule has 1 aromatic carbocycles. The number of non-ortho nitro benzene ring substituents is 1. The number of hydrogen-bond donors (Lipinski definition) is 0. The van der Waals surface area contributed by atoms with Crippen molar-refractivity contribution in [2.45, 2.75) is 6.10 Å². The van der Waals surface area contributed by atoms with Gasteiger partial charge in [-0.05, 0) is 22.0 Å². The van der Waals surface area contributed by atoms with Crippen LogP contribution >= 0.6 is 15.9 Å². The lowest BCUT2D eigenvalue weighted by Crippen LogP contribution is -2.33. The van der Waals surface area contributed by atoms with Gasteiger partial charge in [-0.15, -0.1) is 0 Å². The molecule has 0 saturated carbocycles. The molecule has 0 aliphatic carbocycles. The van der Waals surface area contributed by atoms with Crippen LogP contribution in [0.2, 0.25) is 0 Å². The van der Waals surface area contributed by atoms with Crippen molar-refractivity contribution in [3.05, 3.63) is 32.8 Å². The highest BCUT2D eigenvalue weighted by Crippen LogP contribution is 2.30. The normalized spacial score (nSPS) is 11.7. The molecule has 0 bridgehead atoms. The Morgan fingerprint density at radius 1 is 1.47 bits per heavy atom. The molecule has 0 heterocycles. The Morgan fingerprint density at radius 2 is 2.16 bits per heavy atom. The summed E-state index contributed by atoms with van der Waals surface area (Å²) in [6.45, 7) is -0.0260. The van der Waals surface area contributed by atoms with Crippen LogP contribution in [0.1, 0.15) is 0 Å². The average Bonchev–Trinajstić information content (AvgIpc) is 2.39. The molecule has 0 radical (unpaired) electrons. The van der Waals surface area contributed by atoms with E-state index in [1.54, 1.807) is 0 Å². The summed E-state index contributed by atoms with van der Waals surface area (Å²) in [7, 11) is 2.62. The molecule has 8 heteroatoms. The van der Waals surface area contributed by atoms with Crippen LogP contribution in [0.15, 0.2) is 22.7 Å². The number of esters is 1. The predicted octanol–water partition coefficient (Wildman–Crippen LogP) is 1.92. The van der Waals surface area contributed by atoms with Gasteiger partial charge in [-0.25, -0.2) is 4.79 Å². The molecule has 0 spiro atoms. The van der Waals surface area contributed by atoms with Crippen LogP contribution in [0.3, 0.4) is 0 Å². The second kappa shape index (κ2) is 7.05. The topological polar surface area (TPSA) is 87.9 Å². The van der Waals surface area contributed by atoms with Crippen molar-refractivity contribution >= 4 is 27.6 Å². The molecule has 1 atom stereocenters. The number of nitro groups is 1. The molecule has 0 fully saturated rings. The Hall–Kier alpha value is -1.67. The summed E-state index contributed by atoms with van der Waals surface area (Å²) in [5.74, 6) is -0.457. The van der Waals surface area contributed by atoms with Gasteiger partial charge in [0.05, 0.1) is 29.2 Å². The Morgan fingerprint density at radius 3 is 2.68 bits per heavy atom. The van der Waals surface area contributed by atoms with E-state index in [0.717, 1.165) is 0 Å². The van der Waals surface area contributed by atoms with Gasteiger partial charge in [0.1, 0.15) is 5.75 Å². The van der Waals surface area contributed by atoms with E-state index >= 15 is 0 Å². The molecule has 19 heavy (non-hydrogen) atoms. The van der Waals surface area contributed by atoms with Crippen molar-refractivity contribution < 1.29 is 23.9 Å². The number of halogens is 1. The summed E-state index contributed by atoms with van der Waals surface area (Å²) in [5.41, 5.74) is -0.140. The number of nitro benzene ring substituents is 1. The third-order valence-electron chi connectivity index (χ3n) is 2.18. The molecule has 1 unspecified atom stereocenters. The van der Waals surface area contributed by atoms with E-state index in [4.69, 9.17) is 9.47 Å². The van der Waals surface area contributed by atoms with Gasteiger partial charge in [0.15, 0.2) is 0 Å². The summed E-state index contributed by atoms with van der Waals surface area (Å²) < 4.78 is 15.3. The maximum atomic E-state index is 11.5. The predicted molar refractivity (Wildman–Crippen MR) is 69.1 cm³/mol. The second-order valence-electron chi connectivity index (χ2n) is 3.46. The first-order valence-corrected chi connectivity index (χ1v) is 5.96. The van der Waals surface area contributed by atoms with Crippen LogP contribution in [0, 0.1) is 10.1 Å². The minimum atomic E-state index is -0.992. The van der Waals surface area contributed by atoms with E-state index in [-0.39, 0.29) is 18.0 Å². The van der Waals surface area contributed by atoms with Crippen molar-refractivity contribution in [3.8, 4) is 5.75 Å². The summed E-state index contributed by atoms with van der Waals surface area (Å²) in [6, 6.07) is 4.00. The Labute approximate surface area is 117 Å². The molecule has 7 nitrogen and oxygen atoms in total. The summed E-state index contributed by atoms with van der Waals surface area (Å²) in [6.07, 6.45) is -0.992. The summed E-state index contributed by atoms with van der Waals surface area (Å²) in [5, 5.41) is 10.7. The van der Waals surface area contributed by atoms with Gasteiger partial charge in [0.2, 0.25) is 6.10 Å². The largest absolute Gasteiger partial charge is 0.475 e. The van der Waals surface area contributed by atoms with Crippen molar-refractivity contribution in [2.75, 3.05) is 20.8 Å². The van der Waals surface area contributed by atoms with Crippen LogP contribution in [0.5, 0.6) is 5.75 Å². The van der Waals surface area contributed by atoms with Gasteiger partial charge in [0.25, 0.3) is 5.69 Å². The molecule has 104 valence electrons. The molecular weight excluding hydrogens is 322 g/mol. The van der Waals surface area contributed by atoms with E-state index in [0.29, 0.717) is 4.47 Å². The molecule has 1 aromatic rings. The highest BCUT2D eigenvalue weighted by molar-refractivity contribution is 9.10. The fraction of sp³-hybridized carbons (Fsp3) is 0.364. The SMILES string of the molecule is COCC(Oc1cc([N+](=O)[O-])ccc1Br)C(=O)OC. The fourth-order valence-corrected chi connectivity index (χ4v) is 1.62. The number of carbonyl (C=O) groups excluding carboxylic acids is 1. The van der Waals surface area contributed by atoms with Gasteiger partial charge in [0, 0.05) is 13.2 Å². The lowest BCUT2D eigenvalue weighted by atomic mass is 10.3. The van der Waals surface area contributed by atoms with Crippen LogP contribution in [-0.2, 0) is 14.3 Å². The Kier molecular flexibility index (Phi) is 5.71. The Bertz CT molecular complexity index is 478. The zero-order valence-electron chi connectivity index (χ0n) is 10.3. The van der Waals surface area contributed by atoms with Crippen molar-refractivity contribution in [1.29, 1.82) is 0 Å². The third-order valence-corrected chi connectivity index (χ3v) is 2.83. The number of methoxy groups -OCH3 is 2. The monoisotopic (exact) mass is 333 g/mol. The lowest BCUT2D eigenvalue weighted by molar-refractivity contribution is -0.385. The van der Waals surface area contributed by atoms with Crippen molar-refractivity contribution in [2.24, 2.45) is 0 Å². The highest BCUT2D eigenvalue weighted by atomic mass is 79.9. The minimum Gasteiger partial charge on any atom is -0.475 e. The fourth-order valence-electron chi connectivity index (χ4n) is 1.28. The maximum absolute atomic E-state index is 11.5. The first-order valence-electron chi connectivity index (χ1n) is 5.17. The molecule has 1 rings (SSSR count). The zero-order chi connectivity index (χ0) is 14.4. The van der Waals surface area contributed by atoms with Crippen LogP contribution < -0.4 is 4.74 Å². The van der Waals surface area contributed by atoms with E-state index in [2.05, 4.69) is 20.7 Å². The van der Waals surface area contributed by atoms with Crippen molar-refractivity contribution in [1.82, 2.24) is 0 Å². The second-order valence-corrected chi connectivity index (χ2v) is 4.31. The highest BCUT2D eigenvalue weighted by Gasteiger charge is 2.23. The summed E-state index contributed by atoms with van der Waals surface area (Å²) in [4.78, 5) is 21.6. The summed E-state index contributed by atoms with van der Waals surface area (Å²) >= 11 is 3.19. The molecule has 0 N–H and O–H groups in total. The van der Waals surface area contributed by atoms with Crippen LogP contribution in [-0.4, -0.2) is 37.8 Å². The first-order chi connectivity index (χ1) is 8.99. The van der Waals surface area contributed by atoms with Gasteiger partial charge < -0.3 is 14.2 Å². The molecule has 0 aliphatic heterocycles. The standard InChI is InChI=1S/C11H12BrNO6/c1-17-6-10(11(14)18-2)19-9-5-7(13(15)16)3-4-8(9)12/h3-5,10H,6H2,1-2H3. The zero-order valence-corrected chi connectivity index (χ0v) is 11.9. The third kappa shape index (κ3) is 4.18. The molecule has 0 saturated heterocycles. The number of rotatable bonds is 6. The van der Waals surface area contributed by atoms with Gasteiger partial charge >= 0.3 is 5.97 Å². The Balaban J connectivity index is 2.97. The number of ether oxygens (including phenoxy) is 3. The number of carbonyl (C=O) groups is 1. The number of hydrogen-bond acceptors (Lipinski definition) is 6. The average molecular weight is 334 g/mol. The van der Waals surface area contributed by atoms with Crippen LogP contribution in [0.4, 0.5) is 5.69 Å². The van der Waals surface area contributed by atoms with Gasteiger partial charge in [-0.1, -0.05) is 0 Å². The minimum absolute atomic E-state index is 0.0260. The quantitative estimate of drug-likeness (QED) is 0.449. The van der Waals surface area contributed by atoms with E-state index < -0.39 is 17.0 Å². The van der Waals surface area contributed by atoms with E-state index in [1.165, 1.54) is 32.4 Å². The molecule has 0 amide bonds. The molecular formula is C11H12BrNO6. The van der Waals surface area contributed by atoms with E-state index in [1.807, 2.05) is 0 Å². The maximum Gasteiger partial charge on any atom is 0.349 e. The van der Waals surface area contributed by atoms with Gasteiger partial charge in [-0.2, -0.15) is 0 Å². The van der Waals surface area contributed by atoms with E-state index in [9.17, 15) is 14.9 Å². The number of nitrogens with zero attached hydrogens (tertiary/aromatic N) is 1. The molecule has 0 aromatic heterocycles. The van der Waals surface area contributed by atoms with Crippen LogP contribution in [0.25, 0.3) is 0 Å². The van der Waals surface area contributed by atoms with Crippen molar-refractivity contribution in [3.63, 3.8) is 0 Å².